The SMILES string of the molecule is COc1ccc2c(c1)C(C)C(C)(C(=O)N1CCN3CCC[C@H]3C1)Cn1c-2c(C2CCCCC2)c2ccc(C(=O)NS(C)(=O)=O)cc21. The van der Waals surface area contributed by atoms with Crippen molar-refractivity contribution in [3.05, 3.63) is 53.1 Å². The third-order valence-electron chi connectivity index (χ3n) is 11.4. The summed E-state index contributed by atoms with van der Waals surface area (Å²) in [5, 5.41) is 1.07. The van der Waals surface area contributed by atoms with Crippen LogP contribution in [0.15, 0.2) is 36.4 Å². The molecule has 1 saturated carbocycles. The summed E-state index contributed by atoms with van der Waals surface area (Å²) in [6.45, 7) is 8.26. The third-order valence-corrected chi connectivity index (χ3v) is 12.0. The van der Waals surface area contributed by atoms with E-state index in [2.05, 4.69) is 45.1 Å². The molecule has 10 heteroatoms. The maximum absolute atomic E-state index is 14.9. The predicted octanol–water partition coefficient (Wildman–Crippen LogP) is 5.48. The van der Waals surface area contributed by atoms with Gasteiger partial charge in [0.1, 0.15) is 5.75 Å². The van der Waals surface area contributed by atoms with Crippen molar-refractivity contribution in [3.63, 3.8) is 0 Å². The normalized spacial score (nSPS) is 25.4. The molecule has 0 radical (unpaired) electrons. The van der Waals surface area contributed by atoms with Crippen molar-refractivity contribution in [2.75, 3.05) is 39.5 Å². The highest BCUT2D eigenvalue weighted by molar-refractivity contribution is 7.89. The number of rotatable bonds is 5. The highest BCUT2D eigenvalue weighted by atomic mass is 32.2. The van der Waals surface area contributed by atoms with Crippen LogP contribution >= 0.6 is 0 Å². The molecule has 9 nitrogen and oxygen atoms in total. The molecule has 3 aromatic rings. The van der Waals surface area contributed by atoms with Gasteiger partial charge in [-0.3, -0.25) is 14.5 Å². The van der Waals surface area contributed by atoms with Crippen molar-refractivity contribution in [1.82, 2.24) is 19.1 Å². The summed E-state index contributed by atoms with van der Waals surface area (Å²) in [7, 11) is -2.05. The molecule has 1 aliphatic carbocycles. The van der Waals surface area contributed by atoms with E-state index >= 15 is 0 Å². The van der Waals surface area contributed by atoms with Crippen LogP contribution in [0, 0.1) is 5.41 Å². The molecule has 4 heterocycles. The molecule has 2 aromatic carbocycles. The first kappa shape index (κ1) is 31.2. The Hall–Kier alpha value is -3.37. The zero-order valence-corrected chi connectivity index (χ0v) is 28.3. The fourth-order valence-electron chi connectivity index (χ4n) is 8.84. The first-order valence-corrected chi connectivity index (χ1v) is 18.8. The Labute approximate surface area is 272 Å². The summed E-state index contributed by atoms with van der Waals surface area (Å²) in [6.07, 6.45) is 9.05. The summed E-state index contributed by atoms with van der Waals surface area (Å²) >= 11 is 0. The van der Waals surface area contributed by atoms with Gasteiger partial charge in [0.15, 0.2) is 0 Å². The Bertz CT molecular complexity index is 1810. The molecule has 246 valence electrons. The number of nitrogens with one attached hydrogen (secondary N) is 1. The lowest BCUT2D eigenvalue weighted by Gasteiger charge is -2.43. The van der Waals surface area contributed by atoms with E-state index in [1.165, 1.54) is 31.2 Å². The van der Waals surface area contributed by atoms with Gasteiger partial charge < -0.3 is 14.2 Å². The van der Waals surface area contributed by atoms with Gasteiger partial charge in [-0.1, -0.05) is 32.3 Å². The van der Waals surface area contributed by atoms with Crippen molar-refractivity contribution >= 4 is 32.7 Å². The van der Waals surface area contributed by atoms with Gasteiger partial charge in [0.05, 0.1) is 24.5 Å². The van der Waals surface area contributed by atoms with Crippen LogP contribution in [0.25, 0.3) is 22.2 Å². The van der Waals surface area contributed by atoms with E-state index in [1.54, 1.807) is 13.2 Å². The molecule has 4 aliphatic rings. The number of amides is 2. The second kappa shape index (κ2) is 11.7. The van der Waals surface area contributed by atoms with Gasteiger partial charge in [0.25, 0.3) is 5.91 Å². The van der Waals surface area contributed by atoms with E-state index in [-0.39, 0.29) is 17.4 Å². The Morgan fingerprint density at radius 2 is 1.76 bits per heavy atom. The number of sulfonamides is 1. The van der Waals surface area contributed by atoms with Crippen LogP contribution in [-0.4, -0.2) is 80.2 Å². The minimum absolute atomic E-state index is 0.113. The Kier molecular flexibility index (Phi) is 7.95. The van der Waals surface area contributed by atoms with Gasteiger partial charge in [-0.15, -0.1) is 0 Å². The van der Waals surface area contributed by atoms with Crippen LogP contribution in [0.4, 0.5) is 0 Å². The topological polar surface area (TPSA) is 101 Å². The van der Waals surface area contributed by atoms with Gasteiger partial charge in [-0.25, -0.2) is 13.1 Å². The van der Waals surface area contributed by atoms with Crippen LogP contribution in [0.5, 0.6) is 5.75 Å². The average Bonchev–Trinajstić information content (AvgIpc) is 3.62. The summed E-state index contributed by atoms with van der Waals surface area (Å²) in [5.74, 6) is 0.518. The largest absolute Gasteiger partial charge is 0.497 e. The van der Waals surface area contributed by atoms with Gasteiger partial charge in [-0.05, 0) is 92.4 Å². The second-order valence-corrected chi connectivity index (χ2v) is 16.0. The fraction of sp³-hybridized carbons (Fsp3) is 0.556. The molecule has 3 atom stereocenters. The average molecular weight is 647 g/mol. The Morgan fingerprint density at radius 3 is 2.50 bits per heavy atom. The first-order chi connectivity index (χ1) is 22.0. The molecule has 3 aliphatic heterocycles. The lowest BCUT2D eigenvalue weighted by molar-refractivity contribution is -0.146. The number of piperazine rings is 1. The van der Waals surface area contributed by atoms with Gasteiger partial charge >= 0.3 is 0 Å². The number of carbonyl (C=O) groups excluding carboxylic acids is 2. The molecule has 3 fully saturated rings. The molecule has 1 N–H and O–H groups in total. The standard InChI is InChI=1S/C36H46N4O5S/c1-23-30-20-27(45-3)13-15-28(30)33-32(24-9-6-5-7-10-24)29-14-12-25(34(41)37-46(4,43)44)19-31(29)40(33)22-36(23,2)35(42)39-18-17-38-16-8-11-26(38)21-39/h12-15,19-20,23-24,26H,5-11,16-18,21-22H2,1-4H3,(H,37,41)/t23?,26-,36?/m0/s1. The number of carbonyl (C=O) groups is 2. The zero-order valence-electron chi connectivity index (χ0n) is 27.5. The number of hydrogen-bond donors (Lipinski definition) is 1. The van der Waals surface area contributed by atoms with Crippen molar-refractivity contribution in [1.29, 1.82) is 0 Å². The summed E-state index contributed by atoms with van der Waals surface area (Å²) in [6, 6.07) is 12.2. The van der Waals surface area contributed by atoms with Gasteiger partial charge in [-0.2, -0.15) is 0 Å². The first-order valence-electron chi connectivity index (χ1n) is 16.9. The van der Waals surface area contributed by atoms with E-state index in [4.69, 9.17) is 4.74 Å². The quantitative estimate of drug-likeness (QED) is 0.394. The number of benzene rings is 2. The Balaban J connectivity index is 1.44. The molecule has 2 amide bonds. The van der Waals surface area contributed by atoms with E-state index in [0.29, 0.717) is 18.5 Å². The number of fused-ring (bicyclic) bond motifs is 6. The fourth-order valence-corrected chi connectivity index (χ4v) is 9.30. The van der Waals surface area contributed by atoms with Crippen molar-refractivity contribution in [3.8, 4) is 17.0 Å². The van der Waals surface area contributed by atoms with Crippen molar-refractivity contribution in [2.45, 2.75) is 83.2 Å². The van der Waals surface area contributed by atoms with Crippen LogP contribution in [0.1, 0.15) is 92.1 Å². The molecular formula is C36H46N4O5S. The number of methoxy groups -OCH3 is 1. The lowest BCUT2D eigenvalue weighted by Crippen LogP contribution is -2.56. The predicted molar refractivity (Wildman–Crippen MR) is 180 cm³/mol. The molecule has 46 heavy (non-hydrogen) atoms. The maximum Gasteiger partial charge on any atom is 0.264 e. The Morgan fingerprint density at radius 1 is 0.978 bits per heavy atom. The minimum atomic E-state index is -3.73. The maximum atomic E-state index is 14.9. The number of ether oxygens (including phenoxy) is 1. The van der Waals surface area contributed by atoms with Crippen LogP contribution in [-0.2, 0) is 21.4 Å². The molecule has 0 bridgehead atoms. The van der Waals surface area contributed by atoms with E-state index in [9.17, 15) is 18.0 Å². The molecule has 0 spiro atoms. The number of nitrogens with zero attached hydrogens (tertiary/aromatic N) is 3. The van der Waals surface area contributed by atoms with E-state index < -0.39 is 21.3 Å². The summed E-state index contributed by atoms with van der Waals surface area (Å²) < 4.78 is 34.1. The van der Waals surface area contributed by atoms with E-state index in [1.807, 2.05) is 18.2 Å². The van der Waals surface area contributed by atoms with Crippen LogP contribution in [0.2, 0.25) is 0 Å². The highest BCUT2D eigenvalue weighted by Crippen LogP contribution is 2.53. The van der Waals surface area contributed by atoms with E-state index in [0.717, 1.165) is 85.2 Å². The molecule has 2 unspecified atom stereocenters. The highest BCUT2D eigenvalue weighted by Gasteiger charge is 2.48. The molecular weight excluding hydrogens is 600 g/mol. The van der Waals surface area contributed by atoms with Crippen molar-refractivity contribution in [2.24, 2.45) is 5.41 Å². The molecule has 7 rings (SSSR count). The van der Waals surface area contributed by atoms with Gasteiger partial charge in [0.2, 0.25) is 15.9 Å². The van der Waals surface area contributed by atoms with Gasteiger partial charge in [0, 0.05) is 54.3 Å². The smallest absolute Gasteiger partial charge is 0.264 e. The number of aromatic nitrogens is 1. The zero-order chi connectivity index (χ0) is 32.4. The van der Waals surface area contributed by atoms with Crippen LogP contribution in [0.3, 0.4) is 0 Å². The van der Waals surface area contributed by atoms with Crippen LogP contribution < -0.4 is 9.46 Å². The third kappa shape index (κ3) is 5.31. The molecule has 1 aromatic heterocycles. The monoisotopic (exact) mass is 646 g/mol. The van der Waals surface area contributed by atoms with Crippen molar-refractivity contribution < 1.29 is 22.7 Å². The second-order valence-electron chi connectivity index (χ2n) is 14.3. The molecule has 2 saturated heterocycles. The minimum Gasteiger partial charge on any atom is -0.497 e. The lowest BCUT2D eigenvalue weighted by atomic mass is 9.72. The summed E-state index contributed by atoms with van der Waals surface area (Å²) in [4.78, 5) is 32.7. The summed E-state index contributed by atoms with van der Waals surface area (Å²) in [5.41, 5.74) is 4.96. The number of hydrogen-bond acceptors (Lipinski definition) is 6.